The molecule has 2 aliphatic rings. The van der Waals surface area contributed by atoms with Gasteiger partial charge in [0, 0.05) is 17.1 Å². The molecule has 108 valence electrons. The molecule has 1 aromatic carbocycles. The third-order valence-electron chi connectivity index (χ3n) is 3.46. The molecule has 1 aliphatic heterocycles. The van der Waals surface area contributed by atoms with Crippen LogP contribution in [0.5, 0.6) is 11.5 Å². The van der Waals surface area contributed by atoms with Crippen LogP contribution in [0.3, 0.4) is 0 Å². The van der Waals surface area contributed by atoms with E-state index >= 15 is 0 Å². The van der Waals surface area contributed by atoms with Crippen LogP contribution in [-0.2, 0) is 11.3 Å². The van der Waals surface area contributed by atoms with E-state index in [0.717, 1.165) is 34.4 Å². The Hall–Kier alpha value is -1.27. The van der Waals surface area contributed by atoms with E-state index in [1.165, 1.54) is 0 Å². The molecule has 1 fully saturated rings. The van der Waals surface area contributed by atoms with Gasteiger partial charge in [-0.1, -0.05) is 15.9 Å². The molecule has 0 radical (unpaired) electrons. The van der Waals surface area contributed by atoms with Crippen molar-refractivity contribution in [2.75, 3.05) is 6.79 Å². The number of hydrogen-bond donors (Lipinski definition) is 2. The van der Waals surface area contributed by atoms with Gasteiger partial charge in [0.2, 0.25) is 12.7 Å². The molecule has 1 heterocycles. The summed E-state index contributed by atoms with van der Waals surface area (Å²) in [6.45, 7) is 2.73. The summed E-state index contributed by atoms with van der Waals surface area (Å²) in [4.78, 5) is 11.9. The van der Waals surface area contributed by atoms with Gasteiger partial charge in [-0.25, -0.2) is 0 Å². The molecule has 1 amide bonds. The number of fused-ring (bicyclic) bond motifs is 1. The summed E-state index contributed by atoms with van der Waals surface area (Å²) in [6.07, 6.45) is 2.21. The van der Waals surface area contributed by atoms with Crippen molar-refractivity contribution in [1.29, 1.82) is 0 Å². The average Bonchev–Trinajstić information content (AvgIpc) is 3.12. The molecule has 1 aliphatic carbocycles. The van der Waals surface area contributed by atoms with Gasteiger partial charge in [0.1, 0.15) is 0 Å². The van der Waals surface area contributed by atoms with Crippen LogP contribution in [0.2, 0.25) is 0 Å². The second-order valence-electron chi connectivity index (χ2n) is 5.18. The minimum atomic E-state index is -0.215. The standard InChI is InChI=1S/C14H17BrN2O3/c1-8(14(18)17-10-2-3-10)16-6-9-4-12-13(5-11(9)15)20-7-19-12/h4-5,8,10,16H,2-3,6-7H2,1H3,(H,17,18). The lowest BCUT2D eigenvalue weighted by molar-refractivity contribution is -0.122. The van der Waals surface area contributed by atoms with Crippen molar-refractivity contribution in [3.05, 3.63) is 22.2 Å². The minimum Gasteiger partial charge on any atom is -0.454 e. The van der Waals surface area contributed by atoms with Crippen LogP contribution in [0.1, 0.15) is 25.3 Å². The zero-order chi connectivity index (χ0) is 14.1. The largest absolute Gasteiger partial charge is 0.454 e. The number of carbonyl (C=O) groups excluding carboxylic acids is 1. The maximum Gasteiger partial charge on any atom is 0.237 e. The van der Waals surface area contributed by atoms with E-state index in [9.17, 15) is 4.79 Å². The molecule has 1 saturated carbocycles. The second-order valence-corrected chi connectivity index (χ2v) is 6.04. The van der Waals surface area contributed by atoms with E-state index in [1.54, 1.807) is 0 Å². The van der Waals surface area contributed by atoms with Crippen LogP contribution < -0.4 is 20.1 Å². The van der Waals surface area contributed by atoms with Gasteiger partial charge in [0.25, 0.3) is 0 Å². The zero-order valence-corrected chi connectivity index (χ0v) is 12.8. The van der Waals surface area contributed by atoms with Crippen molar-refractivity contribution < 1.29 is 14.3 Å². The molecule has 1 aromatic rings. The molecule has 0 aromatic heterocycles. The molecule has 0 spiro atoms. The molecule has 20 heavy (non-hydrogen) atoms. The van der Waals surface area contributed by atoms with E-state index in [1.807, 2.05) is 19.1 Å². The Morgan fingerprint density at radius 3 is 2.80 bits per heavy atom. The first-order chi connectivity index (χ1) is 9.63. The molecule has 2 N–H and O–H groups in total. The van der Waals surface area contributed by atoms with Gasteiger partial charge in [0.15, 0.2) is 11.5 Å². The van der Waals surface area contributed by atoms with E-state index in [4.69, 9.17) is 9.47 Å². The Labute approximate surface area is 126 Å². The third-order valence-corrected chi connectivity index (χ3v) is 4.20. The Morgan fingerprint density at radius 2 is 2.10 bits per heavy atom. The SMILES string of the molecule is CC(NCc1cc2c(cc1Br)OCO2)C(=O)NC1CC1. The molecule has 0 saturated heterocycles. The van der Waals surface area contributed by atoms with E-state index in [0.29, 0.717) is 12.6 Å². The predicted octanol–water partition coefficient (Wildman–Crippen LogP) is 1.93. The highest BCUT2D eigenvalue weighted by molar-refractivity contribution is 9.10. The first kappa shape index (κ1) is 13.7. The quantitative estimate of drug-likeness (QED) is 0.859. The summed E-state index contributed by atoms with van der Waals surface area (Å²) in [5.41, 5.74) is 1.04. The highest BCUT2D eigenvalue weighted by atomic mass is 79.9. The summed E-state index contributed by atoms with van der Waals surface area (Å²) in [5, 5.41) is 6.21. The smallest absolute Gasteiger partial charge is 0.237 e. The summed E-state index contributed by atoms with van der Waals surface area (Å²) in [7, 11) is 0. The van der Waals surface area contributed by atoms with Gasteiger partial charge in [-0.3, -0.25) is 4.79 Å². The van der Waals surface area contributed by atoms with Crippen LogP contribution in [0, 0.1) is 0 Å². The number of halogens is 1. The van der Waals surface area contributed by atoms with E-state index in [2.05, 4.69) is 26.6 Å². The monoisotopic (exact) mass is 340 g/mol. The highest BCUT2D eigenvalue weighted by Crippen LogP contribution is 2.36. The Kier molecular flexibility index (Phi) is 3.85. The third kappa shape index (κ3) is 3.07. The lowest BCUT2D eigenvalue weighted by Crippen LogP contribution is -2.42. The summed E-state index contributed by atoms with van der Waals surface area (Å²) in [5.74, 6) is 1.56. The molecule has 1 atom stereocenters. The number of ether oxygens (including phenoxy) is 2. The Balaban J connectivity index is 1.58. The predicted molar refractivity (Wildman–Crippen MR) is 77.7 cm³/mol. The average molecular weight is 341 g/mol. The number of amides is 1. The van der Waals surface area contributed by atoms with Gasteiger partial charge in [-0.15, -0.1) is 0 Å². The summed E-state index contributed by atoms with van der Waals surface area (Å²) >= 11 is 3.51. The van der Waals surface area contributed by atoms with Crippen molar-refractivity contribution in [2.24, 2.45) is 0 Å². The fraction of sp³-hybridized carbons (Fsp3) is 0.500. The van der Waals surface area contributed by atoms with Crippen molar-refractivity contribution in [2.45, 2.75) is 38.4 Å². The topological polar surface area (TPSA) is 59.6 Å². The van der Waals surface area contributed by atoms with Gasteiger partial charge in [-0.05, 0) is 37.5 Å². The van der Waals surface area contributed by atoms with Crippen LogP contribution in [0.15, 0.2) is 16.6 Å². The Bertz CT molecular complexity index is 531. The molecule has 6 heteroatoms. The van der Waals surface area contributed by atoms with Gasteiger partial charge >= 0.3 is 0 Å². The Morgan fingerprint density at radius 1 is 1.40 bits per heavy atom. The van der Waals surface area contributed by atoms with E-state index in [-0.39, 0.29) is 18.7 Å². The molecular formula is C14H17BrN2O3. The van der Waals surface area contributed by atoms with Crippen molar-refractivity contribution in [3.63, 3.8) is 0 Å². The number of hydrogen-bond acceptors (Lipinski definition) is 4. The maximum absolute atomic E-state index is 11.9. The van der Waals surface area contributed by atoms with Crippen molar-refractivity contribution in [3.8, 4) is 11.5 Å². The second kappa shape index (κ2) is 5.61. The first-order valence-corrected chi connectivity index (χ1v) is 7.54. The highest BCUT2D eigenvalue weighted by Gasteiger charge is 2.25. The molecule has 1 unspecified atom stereocenters. The maximum atomic E-state index is 11.9. The zero-order valence-electron chi connectivity index (χ0n) is 11.2. The molecule has 5 nitrogen and oxygen atoms in total. The number of benzene rings is 1. The fourth-order valence-electron chi connectivity index (χ4n) is 2.00. The minimum absolute atomic E-state index is 0.0596. The lowest BCUT2D eigenvalue weighted by Gasteiger charge is -2.14. The van der Waals surface area contributed by atoms with Crippen LogP contribution in [-0.4, -0.2) is 24.8 Å². The number of carbonyl (C=O) groups is 1. The van der Waals surface area contributed by atoms with Crippen molar-refractivity contribution >= 4 is 21.8 Å². The van der Waals surface area contributed by atoms with Gasteiger partial charge < -0.3 is 20.1 Å². The molecule has 3 rings (SSSR count). The number of nitrogens with one attached hydrogen (secondary N) is 2. The fourth-order valence-corrected chi connectivity index (χ4v) is 2.47. The van der Waals surface area contributed by atoms with Gasteiger partial charge in [0.05, 0.1) is 6.04 Å². The van der Waals surface area contributed by atoms with Crippen LogP contribution >= 0.6 is 15.9 Å². The lowest BCUT2D eigenvalue weighted by atomic mass is 10.2. The van der Waals surface area contributed by atoms with Crippen LogP contribution in [0.4, 0.5) is 0 Å². The number of rotatable bonds is 5. The van der Waals surface area contributed by atoms with Crippen LogP contribution in [0.25, 0.3) is 0 Å². The van der Waals surface area contributed by atoms with Gasteiger partial charge in [-0.2, -0.15) is 0 Å². The molecule has 0 bridgehead atoms. The van der Waals surface area contributed by atoms with Crippen molar-refractivity contribution in [1.82, 2.24) is 10.6 Å². The summed E-state index contributed by atoms with van der Waals surface area (Å²) in [6, 6.07) is 4.01. The normalized spacial score (nSPS) is 17.9. The summed E-state index contributed by atoms with van der Waals surface area (Å²) < 4.78 is 11.6. The first-order valence-electron chi connectivity index (χ1n) is 6.75. The van der Waals surface area contributed by atoms with E-state index < -0.39 is 0 Å². The molecular weight excluding hydrogens is 324 g/mol.